The summed E-state index contributed by atoms with van der Waals surface area (Å²) in [7, 11) is 0. The van der Waals surface area contributed by atoms with Crippen molar-refractivity contribution in [2.45, 2.75) is 25.3 Å². The third-order valence-corrected chi connectivity index (χ3v) is 6.17. The van der Waals surface area contributed by atoms with Crippen LogP contribution in [0.25, 0.3) is 11.1 Å². The zero-order valence-corrected chi connectivity index (χ0v) is 19.5. The van der Waals surface area contributed by atoms with Crippen LogP contribution in [0.5, 0.6) is 0 Å². The zero-order valence-electron chi connectivity index (χ0n) is 18.0. The molecule has 2 amide bonds. The molecule has 4 rings (SSSR count). The van der Waals surface area contributed by atoms with Gasteiger partial charge in [-0.2, -0.15) is 5.26 Å². The maximum Gasteiger partial charge on any atom is 0.326 e. The molecule has 0 atom stereocenters. The van der Waals surface area contributed by atoms with E-state index in [2.05, 4.69) is 16.7 Å². The predicted octanol–water partition coefficient (Wildman–Crippen LogP) is 6.71. The molecule has 33 heavy (non-hydrogen) atoms. The van der Waals surface area contributed by atoms with Crippen molar-refractivity contribution in [1.29, 1.82) is 5.26 Å². The van der Waals surface area contributed by atoms with Crippen molar-refractivity contribution in [1.82, 2.24) is 5.32 Å². The number of halogens is 2. The molecule has 0 aliphatic heterocycles. The fourth-order valence-corrected chi connectivity index (χ4v) is 4.29. The number of hydrogen-bond acceptors (Lipinski definition) is 3. The molecular formula is C26H24Cl2N4O. The second kappa shape index (κ2) is 10.7. The van der Waals surface area contributed by atoms with Crippen molar-refractivity contribution in [2.75, 3.05) is 23.3 Å². The van der Waals surface area contributed by atoms with Crippen LogP contribution >= 0.6 is 23.2 Å². The lowest BCUT2D eigenvalue weighted by Crippen LogP contribution is -2.43. The van der Waals surface area contributed by atoms with Crippen LogP contribution in [0.3, 0.4) is 0 Å². The molecule has 1 aliphatic rings. The minimum absolute atomic E-state index is 0.261. The Morgan fingerprint density at radius 3 is 2.36 bits per heavy atom. The lowest BCUT2D eigenvalue weighted by molar-refractivity contribution is 0.256. The molecule has 3 aromatic rings. The Morgan fingerprint density at radius 2 is 1.73 bits per heavy atom. The molecule has 1 saturated carbocycles. The number of carbonyl (C=O) groups excluding carboxylic acids is 1. The summed E-state index contributed by atoms with van der Waals surface area (Å²) in [4.78, 5) is 14.9. The maximum absolute atomic E-state index is 13.2. The average Bonchev–Trinajstić information content (AvgIpc) is 2.77. The topological polar surface area (TPSA) is 68.2 Å². The summed E-state index contributed by atoms with van der Waals surface area (Å²) in [5.41, 5.74) is 3.86. The second-order valence-electron chi connectivity index (χ2n) is 8.06. The molecule has 0 radical (unpaired) electrons. The molecule has 0 spiro atoms. The van der Waals surface area contributed by atoms with Crippen molar-refractivity contribution < 1.29 is 4.79 Å². The minimum Gasteiger partial charge on any atom is -0.312 e. The second-order valence-corrected chi connectivity index (χ2v) is 8.93. The molecule has 0 saturated heterocycles. The third kappa shape index (κ3) is 6.06. The number of benzene rings is 3. The standard InChI is InChI=1S/C26H24Cl2N4O/c27-21-14-22(28)16-24(15-21)31-26(33)32(12-11-30-23-5-2-6-23)25-9-7-19(8-10-25)20-4-1-3-18(13-20)17-29/h1,3-4,7-10,13-16,23,30H,2,5-6,11-12H2,(H,31,33). The van der Waals surface area contributed by atoms with E-state index in [4.69, 9.17) is 28.5 Å². The van der Waals surface area contributed by atoms with Gasteiger partial charge in [0, 0.05) is 40.6 Å². The van der Waals surface area contributed by atoms with Crippen LogP contribution < -0.4 is 15.5 Å². The number of hydrogen-bond donors (Lipinski definition) is 2. The van der Waals surface area contributed by atoms with Crippen molar-refractivity contribution in [3.63, 3.8) is 0 Å². The number of anilines is 2. The Bertz CT molecular complexity index is 1150. The van der Waals surface area contributed by atoms with Crippen LogP contribution in [0.1, 0.15) is 24.8 Å². The molecule has 1 fully saturated rings. The smallest absolute Gasteiger partial charge is 0.312 e. The summed E-state index contributed by atoms with van der Waals surface area (Å²) in [6.45, 7) is 1.21. The maximum atomic E-state index is 13.2. The van der Waals surface area contributed by atoms with Gasteiger partial charge in [0.15, 0.2) is 0 Å². The molecule has 0 heterocycles. The summed E-state index contributed by atoms with van der Waals surface area (Å²) in [6.07, 6.45) is 3.62. The first-order chi connectivity index (χ1) is 16.0. The van der Waals surface area contributed by atoms with Crippen molar-refractivity contribution in [2.24, 2.45) is 0 Å². The molecule has 0 aromatic heterocycles. The number of amides is 2. The van der Waals surface area contributed by atoms with Gasteiger partial charge in [0.25, 0.3) is 0 Å². The van der Waals surface area contributed by atoms with Gasteiger partial charge in [-0.25, -0.2) is 4.79 Å². The average molecular weight is 479 g/mol. The Balaban J connectivity index is 1.53. The van der Waals surface area contributed by atoms with Gasteiger partial charge in [0.1, 0.15) is 0 Å². The van der Waals surface area contributed by atoms with Crippen LogP contribution in [0, 0.1) is 11.3 Å². The summed E-state index contributed by atoms with van der Waals surface area (Å²) in [6, 6.07) is 22.6. The Morgan fingerprint density at radius 1 is 1.00 bits per heavy atom. The predicted molar refractivity (Wildman–Crippen MR) is 135 cm³/mol. The van der Waals surface area contributed by atoms with E-state index in [1.165, 1.54) is 19.3 Å². The molecule has 168 valence electrons. The number of carbonyl (C=O) groups is 1. The first kappa shape index (κ1) is 23.1. The van der Waals surface area contributed by atoms with E-state index in [-0.39, 0.29) is 6.03 Å². The van der Waals surface area contributed by atoms with Gasteiger partial charge >= 0.3 is 6.03 Å². The molecule has 1 aliphatic carbocycles. The van der Waals surface area contributed by atoms with Gasteiger partial charge in [-0.05, 0) is 66.4 Å². The SMILES string of the molecule is N#Cc1cccc(-c2ccc(N(CCNC3CCC3)C(=O)Nc3cc(Cl)cc(Cl)c3)cc2)c1. The van der Waals surface area contributed by atoms with Crippen LogP contribution in [-0.2, 0) is 0 Å². The van der Waals surface area contributed by atoms with Crippen molar-refractivity contribution in [3.8, 4) is 17.2 Å². The van der Waals surface area contributed by atoms with E-state index in [0.29, 0.717) is 40.4 Å². The van der Waals surface area contributed by atoms with E-state index >= 15 is 0 Å². The van der Waals surface area contributed by atoms with E-state index in [1.54, 1.807) is 29.2 Å². The minimum atomic E-state index is -0.261. The Kier molecular flexibility index (Phi) is 7.51. The lowest BCUT2D eigenvalue weighted by Gasteiger charge is -2.29. The third-order valence-electron chi connectivity index (χ3n) is 5.74. The van der Waals surface area contributed by atoms with Crippen molar-refractivity contribution >= 4 is 40.6 Å². The van der Waals surface area contributed by atoms with Gasteiger partial charge in [0.05, 0.1) is 11.6 Å². The number of nitrogens with one attached hydrogen (secondary N) is 2. The summed E-state index contributed by atoms with van der Waals surface area (Å²) in [5, 5.41) is 16.5. The molecule has 0 unspecified atom stereocenters. The zero-order chi connectivity index (χ0) is 23.2. The number of urea groups is 1. The van der Waals surface area contributed by atoms with Crippen molar-refractivity contribution in [3.05, 3.63) is 82.3 Å². The fourth-order valence-electron chi connectivity index (χ4n) is 3.76. The van der Waals surface area contributed by atoms with Gasteiger partial charge in [0.2, 0.25) is 0 Å². The fraction of sp³-hybridized carbons (Fsp3) is 0.231. The molecule has 7 heteroatoms. The number of nitrogens with zero attached hydrogens (tertiary/aromatic N) is 2. The highest BCUT2D eigenvalue weighted by Gasteiger charge is 2.20. The highest BCUT2D eigenvalue weighted by Crippen LogP contribution is 2.26. The van der Waals surface area contributed by atoms with Gasteiger partial charge in [-0.15, -0.1) is 0 Å². The quantitative estimate of drug-likeness (QED) is 0.396. The monoisotopic (exact) mass is 478 g/mol. The van der Waals surface area contributed by atoms with Gasteiger partial charge in [-0.3, -0.25) is 4.90 Å². The Hall–Kier alpha value is -3.04. The summed E-state index contributed by atoms with van der Waals surface area (Å²) < 4.78 is 0. The molecular weight excluding hydrogens is 455 g/mol. The molecule has 0 bridgehead atoms. The van der Waals surface area contributed by atoms with E-state index in [0.717, 1.165) is 16.8 Å². The molecule has 5 nitrogen and oxygen atoms in total. The first-order valence-corrected chi connectivity index (χ1v) is 11.7. The number of nitriles is 1. The largest absolute Gasteiger partial charge is 0.326 e. The number of rotatable bonds is 7. The van der Waals surface area contributed by atoms with E-state index < -0.39 is 0 Å². The summed E-state index contributed by atoms with van der Waals surface area (Å²) >= 11 is 12.2. The van der Waals surface area contributed by atoms with Crippen LogP contribution in [0.4, 0.5) is 16.2 Å². The highest BCUT2D eigenvalue weighted by atomic mass is 35.5. The van der Waals surface area contributed by atoms with Gasteiger partial charge < -0.3 is 10.6 Å². The Labute approximate surface area is 203 Å². The lowest BCUT2D eigenvalue weighted by atomic mass is 9.93. The van der Waals surface area contributed by atoms with Crippen LogP contribution in [0.15, 0.2) is 66.7 Å². The van der Waals surface area contributed by atoms with E-state index in [1.807, 2.05) is 42.5 Å². The highest BCUT2D eigenvalue weighted by molar-refractivity contribution is 6.35. The van der Waals surface area contributed by atoms with E-state index in [9.17, 15) is 4.79 Å². The molecule has 2 N–H and O–H groups in total. The first-order valence-electron chi connectivity index (χ1n) is 10.9. The summed E-state index contributed by atoms with van der Waals surface area (Å²) in [5.74, 6) is 0. The molecule has 3 aromatic carbocycles. The normalized spacial score (nSPS) is 13.1. The van der Waals surface area contributed by atoms with Crippen LogP contribution in [0.2, 0.25) is 10.0 Å². The van der Waals surface area contributed by atoms with Gasteiger partial charge in [-0.1, -0.05) is 53.9 Å². The van der Waals surface area contributed by atoms with Crippen LogP contribution in [-0.4, -0.2) is 25.2 Å².